The van der Waals surface area contributed by atoms with Crippen LogP contribution in [-0.4, -0.2) is 18.1 Å². The molecule has 1 N–H and O–H groups in total. The highest BCUT2D eigenvalue weighted by Gasteiger charge is 2.06. The smallest absolute Gasteiger partial charge is 0.116 e. The van der Waals surface area contributed by atoms with E-state index in [9.17, 15) is 0 Å². The standard InChI is InChI=1S/C11H16N2S/c1-8-9(2)14-11(13-8)6-10-4-3-5-12-7-10/h6,12H,3-5,7H2,1-2H3. The summed E-state index contributed by atoms with van der Waals surface area (Å²) in [5, 5.41) is 4.55. The van der Waals surface area contributed by atoms with E-state index in [1.807, 2.05) is 0 Å². The summed E-state index contributed by atoms with van der Waals surface area (Å²) in [6.45, 7) is 6.41. The molecule has 1 aromatic rings. The zero-order chi connectivity index (χ0) is 9.97. The summed E-state index contributed by atoms with van der Waals surface area (Å²) in [6.07, 6.45) is 4.73. The molecule has 2 heterocycles. The van der Waals surface area contributed by atoms with E-state index >= 15 is 0 Å². The number of nitrogens with one attached hydrogen (secondary N) is 1. The Labute approximate surface area is 89.1 Å². The fourth-order valence-corrected chi connectivity index (χ4v) is 2.55. The zero-order valence-electron chi connectivity index (χ0n) is 8.76. The third-order valence-electron chi connectivity index (χ3n) is 2.58. The Bertz CT molecular complexity index is 325. The lowest BCUT2D eigenvalue weighted by Gasteiger charge is -2.14. The van der Waals surface area contributed by atoms with Gasteiger partial charge in [0.1, 0.15) is 5.01 Å². The Balaban J connectivity index is 2.15. The molecular weight excluding hydrogens is 192 g/mol. The highest BCUT2D eigenvalue weighted by Crippen LogP contribution is 2.20. The number of hydrogen-bond donors (Lipinski definition) is 1. The molecule has 0 spiro atoms. The van der Waals surface area contributed by atoms with Gasteiger partial charge in [0.05, 0.1) is 5.69 Å². The van der Waals surface area contributed by atoms with E-state index in [2.05, 4.69) is 30.2 Å². The van der Waals surface area contributed by atoms with E-state index in [0.29, 0.717) is 0 Å². The molecule has 0 amide bonds. The fraction of sp³-hybridized carbons (Fsp3) is 0.545. The molecule has 2 nitrogen and oxygen atoms in total. The third-order valence-corrected chi connectivity index (χ3v) is 3.60. The van der Waals surface area contributed by atoms with Crippen molar-refractivity contribution in [2.45, 2.75) is 26.7 Å². The average Bonchev–Trinajstić information content (AvgIpc) is 2.47. The van der Waals surface area contributed by atoms with Gasteiger partial charge in [-0.05, 0) is 39.3 Å². The number of thiazole rings is 1. The second kappa shape index (κ2) is 4.24. The fourth-order valence-electron chi connectivity index (χ4n) is 1.63. The number of rotatable bonds is 1. The second-order valence-corrected chi connectivity index (χ2v) is 5.01. The lowest BCUT2D eigenvalue weighted by atomic mass is 10.1. The highest BCUT2D eigenvalue weighted by molar-refractivity contribution is 7.12. The van der Waals surface area contributed by atoms with Gasteiger partial charge in [-0.2, -0.15) is 0 Å². The van der Waals surface area contributed by atoms with Crippen molar-refractivity contribution < 1.29 is 0 Å². The van der Waals surface area contributed by atoms with Crippen LogP contribution in [0.2, 0.25) is 0 Å². The molecule has 1 aliphatic rings. The Hall–Kier alpha value is -0.670. The van der Waals surface area contributed by atoms with Crippen LogP contribution in [0, 0.1) is 13.8 Å². The summed E-state index contributed by atoms with van der Waals surface area (Å²) in [7, 11) is 0. The first-order valence-corrected chi connectivity index (χ1v) is 5.91. The normalized spacial score (nSPS) is 20.3. The number of aryl methyl sites for hydroxylation is 2. The van der Waals surface area contributed by atoms with E-state index < -0.39 is 0 Å². The Morgan fingerprint density at radius 2 is 2.29 bits per heavy atom. The molecule has 0 aromatic carbocycles. The monoisotopic (exact) mass is 208 g/mol. The number of nitrogens with zero attached hydrogens (tertiary/aromatic N) is 1. The minimum atomic E-state index is 1.04. The van der Waals surface area contributed by atoms with Crippen LogP contribution in [0.25, 0.3) is 6.08 Å². The van der Waals surface area contributed by atoms with Crippen LogP contribution in [0.15, 0.2) is 5.57 Å². The summed E-state index contributed by atoms with van der Waals surface area (Å²) < 4.78 is 0. The summed E-state index contributed by atoms with van der Waals surface area (Å²) in [5.41, 5.74) is 2.66. The topological polar surface area (TPSA) is 24.9 Å². The van der Waals surface area contributed by atoms with Gasteiger partial charge in [-0.1, -0.05) is 5.57 Å². The third kappa shape index (κ3) is 2.22. The van der Waals surface area contributed by atoms with Crippen molar-refractivity contribution in [1.29, 1.82) is 0 Å². The maximum atomic E-state index is 4.52. The lowest BCUT2D eigenvalue weighted by Crippen LogP contribution is -2.23. The van der Waals surface area contributed by atoms with Crippen molar-refractivity contribution in [3.63, 3.8) is 0 Å². The second-order valence-electron chi connectivity index (χ2n) is 3.78. The Morgan fingerprint density at radius 1 is 1.43 bits per heavy atom. The van der Waals surface area contributed by atoms with Gasteiger partial charge < -0.3 is 5.32 Å². The van der Waals surface area contributed by atoms with Gasteiger partial charge in [-0.25, -0.2) is 4.98 Å². The van der Waals surface area contributed by atoms with Crippen LogP contribution in [0.1, 0.15) is 28.4 Å². The Kier molecular flexibility index (Phi) is 2.99. The molecule has 0 radical (unpaired) electrons. The van der Waals surface area contributed by atoms with Crippen LogP contribution < -0.4 is 5.32 Å². The molecule has 0 atom stereocenters. The molecule has 14 heavy (non-hydrogen) atoms. The molecule has 1 aliphatic heterocycles. The molecule has 0 bridgehead atoms. The molecule has 1 aromatic heterocycles. The van der Waals surface area contributed by atoms with E-state index in [1.54, 1.807) is 11.3 Å². The quantitative estimate of drug-likeness (QED) is 0.767. The Morgan fingerprint density at radius 3 is 2.86 bits per heavy atom. The predicted octanol–water partition coefficient (Wildman–Crippen LogP) is 2.53. The number of aromatic nitrogens is 1. The van der Waals surface area contributed by atoms with Crippen molar-refractivity contribution in [3.05, 3.63) is 21.2 Å². The highest BCUT2D eigenvalue weighted by atomic mass is 32.1. The first-order valence-electron chi connectivity index (χ1n) is 5.10. The van der Waals surface area contributed by atoms with Crippen molar-refractivity contribution >= 4 is 17.4 Å². The van der Waals surface area contributed by atoms with Crippen molar-refractivity contribution in [2.75, 3.05) is 13.1 Å². The molecule has 1 fully saturated rings. The van der Waals surface area contributed by atoms with Crippen molar-refractivity contribution in [1.82, 2.24) is 10.3 Å². The lowest BCUT2D eigenvalue weighted by molar-refractivity contribution is 0.613. The van der Waals surface area contributed by atoms with Crippen LogP contribution in [-0.2, 0) is 0 Å². The molecule has 0 unspecified atom stereocenters. The maximum Gasteiger partial charge on any atom is 0.116 e. The first kappa shape index (κ1) is 9.87. The van der Waals surface area contributed by atoms with Crippen molar-refractivity contribution in [2.24, 2.45) is 0 Å². The van der Waals surface area contributed by atoms with Gasteiger partial charge in [0.25, 0.3) is 0 Å². The predicted molar refractivity (Wildman–Crippen MR) is 61.7 cm³/mol. The van der Waals surface area contributed by atoms with E-state index in [0.717, 1.165) is 13.1 Å². The van der Waals surface area contributed by atoms with Crippen LogP contribution in [0.5, 0.6) is 0 Å². The molecule has 3 heteroatoms. The van der Waals surface area contributed by atoms with Gasteiger partial charge in [-0.3, -0.25) is 0 Å². The van der Waals surface area contributed by atoms with Crippen LogP contribution in [0.4, 0.5) is 0 Å². The minimum Gasteiger partial charge on any atom is -0.313 e. The van der Waals surface area contributed by atoms with Gasteiger partial charge in [0, 0.05) is 11.4 Å². The van der Waals surface area contributed by atoms with Crippen LogP contribution in [0.3, 0.4) is 0 Å². The number of hydrogen-bond acceptors (Lipinski definition) is 3. The maximum absolute atomic E-state index is 4.52. The van der Waals surface area contributed by atoms with E-state index in [4.69, 9.17) is 0 Å². The minimum absolute atomic E-state index is 1.04. The summed E-state index contributed by atoms with van der Waals surface area (Å²) in [5.74, 6) is 0. The largest absolute Gasteiger partial charge is 0.313 e. The summed E-state index contributed by atoms with van der Waals surface area (Å²) in [6, 6.07) is 0. The molecular formula is C11H16N2S. The first-order chi connectivity index (χ1) is 6.75. The summed E-state index contributed by atoms with van der Waals surface area (Å²) in [4.78, 5) is 5.85. The van der Waals surface area contributed by atoms with Crippen molar-refractivity contribution in [3.8, 4) is 0 Å². The van der Waals surface area contributed by atoms with Gasteiger partial charge in [0.15, 0.2) is 0 Å². The van der Waals surface area contributed by atoms with Gasteiger partial charge >= 0.3 is 0 Å². The average molecular weight is 208 g/mol. The molecule has 0 aliphatic carbocycles. The molecule has 76 valence electrons. The zero-order valence-corrected chi connectivity index (χ0v) is 9.58. The van der Waals surface area contributed by atoms with E-state index in [1.165, 1.54) is 34.0 Å². The molecule has 1 saturated heterocycles. The van der Waals surface area contributed by atoms with E-state index in [-0.39, 0.29) is 0 Å². The van der Waals surface area contributed by atoms with Gasteiger partial charge in [0.2, 0.25) is 0 Å². The molecule has 2 rings (SSSR count). The summed E-state index contributed by atoms with van der Waals surface area (Å²) >= 11 is 1.79. The van der Waals surface area contributed by atoms with Gasteiger partial charge in [-0.15, -0.1) is 11.3 Å². The SMILES string of the molecule is Cc1nc(C=C2CCCNC2)sc1C. The molecule has 0 saturated carbocycles. The van der Waals surface area contributed by atoms with Crippen LogP contribution >= 0.6 is 11.3 Å². The number of piperidine rings is 1.